The van der Waals surface area contributed by atoms with E-state index >= 15 is 0 Å². The number of hydrogen-bond acceptors (Lipinski definition) is 6. The summed E-state index contributed by atoms with van der Waals surface area (Å²) >= 11 is 0.831. The Labute approximate surface area is 122 Å². The highest BCUT2D eigenvalue weighted by Crippen LogP contribution is 2.25. The molecule has 0 radical (unpaired) electrons. The molecular weight excluding hydrogens is 294 g/mol. The number of rotatable bonds is 3. The number of nitro groups is 1. The normalized spacial score (nSPS) is 10.7. The lowest BCUT2D eigenvalue weighted by Gasteiger charge is -2.02. The van der Waals surface area contributed by atoms with Crippen molar-refractivity contribution in [3.63, 3.8) is 0 Å². The first-order valence-electron chi connectivity index (χ1n) is 5.96. The van der Waals surface area contributed by atoms with E-state index < -0.39 is 10.8 Å². The van der Waals surface area contributed by atoms with Crippen molar-refractivity contribution >= 4 is 39.0 Å². The Kier molecular flexibility index (Phi) is 3.15. The van der Waals surface area contributed by atoms with Gasteiger partial charge in [0, 0.05) is 18.7 Å². The number of oxazole rings is 1. The third kappa shape index (κ3) is 2.61. The predicted octanol–water partition coefficient (Wildman–Crippen LogP) is 3.36. The first-order chi connectivity index (χ1) is 10.0. The molecule has 1 N–H and O–H groups in total. The predicted molar refractivity (Wildman–Crippen MR) is 77.7 cm³/mol. The summed E-state index contributed by atoms with van der Waals surface area (Å²) in [6.45, 7) is 1.74. The van der Waals surface area contributed by atoms with Crippen LogP contribution in [0.3, 0.4) is 0 Å². The summed E-state index contributed by atoms with van der Waals surface area (Å²) in [7, 11) is 0. The van der Waals surface area contributed by atoms with Crippen LogP contribution < -0.4 is 5.32 Å². The minimum Gasteiger partial charge on any atom is -0.441 e. The lowest BCUT2D eigenvalue weighted by atomic mass is 10.3. The largest absolute Gasteiger partial charge is 0.441 e. The molecule has 0 aliphatic carbocycles. The van der Waals surface area contributed by atoms with Crippen molar-refractivity contribution < 1.29 is 14.1 Å². The van der Waals surface area contributed by atoms with Crippen molar-refractivity contribution in [2.45, 2.75) is 6.92 Å². The number of fused-ring (bicyclic) bond motifs is 1. The second-order valence-corrected chi connectivity index (χ2v) is 5.33. The maximum Gasteiger partial charge on any atom is 0.324 e. The van der Waals surface area contributed by atoms with Crippen LogP contribution in [0.4, 0.5) is 10.7 Å². The topological polar surface area (TPSA) is 98.3 Å². The van der Waals surface area contributed by atoms with Gasteiger partial charge in [-0.2, -0.15) is 0 Å². The molecule has 2 aromatic heterocycles. The lowest BCUT2D eigenvalue weighted by Crippen LogP contribution is -2.09. The van der Waals surface area contributed by atoms with Gasteiger partial charge >= 0.3 is 5.00 Å². The van der Waals surface area contributed by atoms with Crippen LogP contribution in [0.25, 0.3) is 11.1 Å². The molecule has 8 heteroatoms. The van der Waals surface area contributed by atoms with Gasteiger partial charge in [-0.15, -0.1) is 0 Å². The van der Waals surface area contributed by atoms with Crippen molar-refractivity contribution in [1.29, 1.82) is 0 Å². The Morgan fingerprint density at radius 2 is 2.19 bits per heavy atom. The third-order valence-electron chi connectivity index (χ3n) is 2.75. The van der Waals surface area contributed by atoms with Gasteiger partial charge in [0.2, 0.25) is 0 Å². The standard InChI is InChI=1S/C13H9N3O4S/c1-7-14-9-6-8(2-3-10(9)20-7)15-13(17)11-4-5-12(21-11)16(18)19/h2-6H,1H3,(H,15,17). The molecule has 0 spiro atoms. The van der Waals surface area contributed by atoms with Gasteiger partial charge in [-0.1, -0.05) is 11.3 Å². The monoisotopic (exact) mass is 303 g/mol. The second-order valence-electron chi connectivity index (χ2n) is 4.26. The molecule has 1 amide bonds. The first-order valence-corrected chi connectivity index (χ1v) is 6.77. The fourth-order valence-electron chi connectivity index (χ4n) is 1.86. The molecule has 7 nitrogen and oxygen atoms in total. The number of hydrogen-bond donors (Lipinski definition) is 1. The average Bonchev–Trinajstić information content (AvgIpc) is 3.03. The van der Waals surface area contributed by atoms with E-state index in [1.54, 1.807) is 25.1 Å². The SMILES string of the molecule is Cc1nc2cc(NC(=O)c3ccc([N+](=O)[O-])s3)ccc2o1. The number of thiophene rings is 1. The second kappa shape index (κ2) is 4.98. The van der Waals surface area contributed by atoms with Crippen LogP contribution in [0.1, 0.15) is 15.6 Å². The van der Waals surface area contributed by atoms with E-state index in [0.717, 1.165) is 11.3 Å². The number of amides is 1. The van der Waals surface area contributed by atoms with Gasteiger partial charge in [0.05, 0.1) is 9.80 Å². The summed E-state index contributed by atoms with van der Waals surface area (Å²) < 4.78 is 5.35. The van der Waals surface area contributed by atoms with E-state index in [2.05, 4.69) is 10.3 Å². The van der Waals surface area contributed by atoms with Crippen LogP contribution in [0.5, 0.6) is 0 Å². The average molecular weight is 303 g/mol. The molecule has 0 atom stereocenters. The minimum absolute atomic E-state index is 0.0669. The molecule has 2 heterocycles. The van der Waals surface area contributed by atoms with Crippen LogP contribution in [0.15, 0.2) is 34.7 Å². The molecule has 106 valence electrons. The van der Waals surface area contributed by atoms with E-state index in [9.17, 15) is 14.9 Å². The number of aryl methyl sites for hydroxylation is 1. The molecule has 0 saturated carbocycles. The Bertz CT molecular complexity index is 852. The smallest absolute Gasteiger partial charge is 0.324 e. The summed E-state index contributed by atoms with van der Waals surface area (Å²) in [6.07, 6.45) is 0. The van der Waals surface area contributed by atoms with E-state index in [0.29, 0.717) is 22.7 Å². The Morgan fingerprint density at radius 1 is 1.38 bits per heavy atom. The highest BCUT2D eigenvalue weighted by atomic mass is 32.1. The van der Waals surface area contributed by atoms with Crippen molar-refractivity contribution in [1.82, 2.24) is 4.98 Å². The van der Waals surface area contributed by atoms with E-state index in [1.807, 2.05) is 0 Å². The molecular formula is C13H9N3O4S. The van der Waals surface area contributed by atoms with Gasteiger partial charge in [-0.05, 0) is 24.3 Å². The number of aromatic nitrogens is 1. The molecule has 0 bridgehead atoms. The van der Waals surface area contributed by atoms with Crippen LogP contribution in [-0.4, -0.2) is 15.8 Å². The lowest BCUT2D eigenvalue weighted by molar-refractivity contribution is -0.380. The molecule has 0 fully saturated rings. The van der Waals surface area contributed by atoms with Gasteiger partial charge in [-0.25, -0.2) is 4.98 Å². The third-order valence-corrected chi connectivity index (χ3v) is 3.78. The molecule has 3 rings (SSSR count). The number of benzene rings is 1. The number of nitrogens with zero attached hydrogens (tertiary/aromatic N) is 2. The fourth-order valence-corrected chi connectivity index (χ4v) is 2.58. The molecule has 0 saturated heterocycles. The summed E-state index contributed by atoms with van der Waals surface area (Å²) in [5.41, 5.74) is 1.83. The molecule has 0 aliphatic heterocycles. The molecule has 21 heavy (non-hydrogen) atoms. The van der Waals surface area contributed by atoms with Crippen molar-refractivity contribution in [3.8, 4) is 0 Å². The highest BCUT2D eigenvalue weighted by Gasteiger charge is 2.15. The number of carbonyl (C=O) groups is 1. The van der Waals surface area contributed by atoms with Crippen molar-refractivity contribution in [2.24, 2.45) is 0 Å². The van der Waals surface area contributed by atoms with E-state index in [1.165, 1.54) is 12.1 Å². The number of nitrogens with one attached hydrogen (secondary N) is 1. The van der Waals surface area contributed by atoms with Gasteiger partial charge < -0.3 is 9.73 Å². The Morgan fingerprint density at radius 3 is 2.90 bits per heavy atom. The summed E-state index contributed by atoms with van der Waals surface area (Å²) in [5.74, 6) is 0.148. The quantitative estimate of drug-likeness (QED) is 0.591. The van der Waals surface area contributed by atoms with Crippen molar-refractivity contribution in [2.75, 3.05) is 5.32 Å². The molecule has 0 unspecified atom stereocenters. The van der Waals surface area contributed by atoms with Crippen LogP contribution in [0, 0.1) is 17.0 Å². The summed E-state index contributed by atoms with van der Waals surface area (Å²) in [4.78, 5) is 26.6. The van der Waals surface area contributed by atoms with Crippen molar-refractivity contribution in [3.05, 3.63) is 51.2 Å². The summed E-state index contributed by atoms with van der Waals surface area (Å²) in [6, 6.07) is 7.82. The molecule has 1 aromatic carbocycles. The number of anilines is 1. The minimum atomic E-state index is -0.522. The Hall–Kier alpha value is -2.74. The number of carbonyl (C=O) groups excluding carboxylic acids is 1. The first kappa shape index (κ1) is 13.3. The van der Waals surface area contributed by atoms with E-state index in [-0.39, 0.29) is 9.88 Å². The maximum absolute atomic E-state index is 12.0. The zero-order valence-electron chi connectivity index (χ0n) is 10.8. The van der Waals surface area contributed by atoms with Crippen LogP contribution in [0.2, 0.25) is 0 Å². The highest BCUT2D eigenvalue weighted by molar-refractivity contribution is 7.17. The van der Waals surface area contributed by atoms with Gasteiger partial charge in [0.1, 0.15) is 5.52 Å². The zero-order chi connectivity index (χ0) is 15.0. The summed E-state index contributed by atoms with van der Waals surface area (Å²) in [5, 5.41) is 13.2. The molecule has 0 aliphatic rings. The molecule has 3 aromatic rings. The Balaban J connectivity index is 1.83. The van der Waals surface area contributed by atoms with Gasteiger partial charge in [0.15, 0.2) is 11.5 Å². The van der Waals surface area contributed by atoms with Crippen LogP contribution >= 0.6 is 11.3 Å². The van der Waals surface area contributed by atoms with Gasteiger partial charge in [-0.3, -0.25) is 14.9 Å². The van der Waals surface area contributed by atoms with E-state index in [4.69, 9.17) is 4.42 Å². The van der Waals surface area contributed by atoms with Crippen LogP contribution in [-0.2, 0) is 0 Å². The zero-order valence-corrected chi connectivity index (χ0v) is 11.6. The maximum atomic E-state index is 12.0. The van der Waals surface area contributed by atoms with Gasteiger partial charge in [0.25, 0.3) is 5.91 Å². The fraction of sp³-hybridized carbons (Fsp3) is 0.0769.